The fraction of sp³-hybridized carbons (Fsp3) is 0. The number of carbonyl (C=O) groups excluding carboxylic acids is 2. The van der Waals surface area contributed by atoms with Gasteiger partial charge >= 0.3 is 5.97 Å². The number of ether oxygens (including phenoxy) is 1. The molecule has 0 saturated carbocycles. The van der Waals surface area contributed by atoms with Gasteiger partial charge in [0.1, 0.15) is 5.75 Å². The van der Waals surface area contributed by atoms with E-state index in [-0.39, 0.29) is 11.7 Å². The van der Waals surface area contributed by atoms with E-state index in [1.807, 2.05) is 5.38 Å². The van der Waals surface area contributed by atoms with Crippen LogP contribution in [0.2, 0.25) is 0 Å². The number of hydrazone groups is 1. The van der Waals surface area contributed by atoms with Crippen LogP contribution in [0.1, 0.15) is 25.8 Å². The summed E-state index contributed by atoms with van der Waals surface area (Å²) >= 11 is 1.33. The molecule has 0 aliphatic heterocycles. The third kappa shape index (κ3) is 3.96. The van der Waals surface area contributed by atoms with Gasteiger partial charge in [-0.15, -0.1) is 11.3 Å². The Bertz CT molecular complexity index is 855. The first-order valence-electron chi connectivity index (χ1n) is 6.95. The minimum absolute atomic E-state index is 0.122. The van der Waals surface area contributed by atoms with Gasteiger partial charge in [-0.2, -0.15) is 5.10 Å². The molecular formula is C17H12N2O4S. The number of amides is 1. The SMILES string of the molecule is O=C(Oc1cccc(/C=N\NC(=O)c2cccs2)c1)c1ccco1. The Morgan fingerprint density at radius 3 is 2.83 bits per heavy atom. The average Bonchev–Trinajstić information content (AvgIpc) is 3.29. The number of furan rings is 1. The Kier molecular flexibility index (Phi) is 4.83. The van der Waals surface area contributed by atoms with Gasteiger partial charge in [-0.3, -0.25) is 4.79 Å². The molecular weight excluding hydrogens is 328 g/mol. The Balaban J connectivity index is 1.61. The summed E-state index contributed by atoms with van der Waals surface area (Å²) in [5.74, 6) is -0.385. The summed E-state index contributed by atoms with van der Waals surface area (Å²) in [6, 6.07) is 13.4. The van der Waals surface area contributed by atoms with Crippen LogP contribution in [0.4, 0.5) is 0 Å². The summed E-state index contributed by atoms with van der Waals surface area (Å²) in [6.45, 7) is 0. The lowest BCUT2D eigenvalue weighted by Gasteiger charge is -2.03. The molecule has 2 heterocycles. The second-order valence-corrected chi connectivity index (χ2v) is 5.56. The Morgan fingerprint density at radius 1 is 1.17 bits per heavy atom. The smallest absolute Gasteiger partial charge is 0.379 e. The Hall–Kier alpha value is -3.19. The van der Waals surface area contributed by atoms with Gasteiger partial charge in [0.15, 0.2) is 0 Å². The van der Waals surface area contributed by atoms with Crippen LogP contribution in [-0.2, 0) is 0 Å². The zero-order valence-corrected chi connectivity index (χ0v) is 13.2. The van der Waals surface area contributed by atoms with Gasteiger partial charge in [-0.1, -0.05) is 18.2 Å². The highest BCUT2D eigenvalue weighted by molar-refractivity contribution is 7.12. The van der Waals surface area contributed by atoms with E-state index < -0.39 is 5.97 Å². The van der Waals surface area contributed by atoms with E-state index in [0.717, 1.165) is 0 Å². The number of carbonyl (C=O) groups is 2. The first-order chi connectivity index (χ1) is 11.7. The summed E-state index contributed by atoms with van der Waals surface area (Å²) in [7, 11) is 0. The van der Waals surface area contributed by atoms with Crippen molar-refractivity contribution < 1.29 is 18.7 Å². The van der Waals surface area contributed by atoms with Crippen LogP contribution < -0.4 is 10.2 Å². The molecule has 0 saturated heterocycles. The number of benzene rings is 1. The maximum absolute atomic E-state index is 11.8. The van der Waals surface area contributed by atoms with Crippen molar-refractivity contribution in [1.29, 1.82) is 0 Å². The van der Waals surface area contributed by atoms with Gasteiger partial charge in [-0.05, 0) is 41.3 Å². The molecule has 3 rings (SSSR count). The fourth-order valence-corrected chi connectivity index (χ4v) is 2.45. The molecule has 1 aromatic carbocycles. The summed E-state index contributed by atoms with van der Waals surface area (Å²) in [6.07, 6.45) is 2.87. The van der Waals surface area contributed by atoms with Gasteiger partial charge in [0.05, 0.1) is 17.4 Å². The van der Waals surface area contributed by atoms with E-state index in [4.69, 9.17) is 9.15 Å². The second-order valence-electron chi connectivity index (χ2n) is 4.62. The van der Waals surface area contributed by atoms with Crippen LogP contribution in [0.5, 0.6) is 5.75 Å². The molecule has 0 bridgehead atoms. The molecule has 24 heavy (non-hydrogen) atoms. The third-order valence-corrected chi connectivity index (χ3v) is 3.78. The van der Waals surface area contributed by atoms with Gasteiger partial charge in [0.2, 0.25) is 5.76 Å². The van der Waals surface area contributed by atoms with Gasteiger partial charge in [-0.25, -0.2) is 10.2 Å². The number of hydrogen-bond donors (Lipinski definition) is 1. The quantitative estimate of drug-likeness (QED) is 0.334. The summed E-state index contributed by atoms with van der Waals surface area (Å²) < 4.78 is 10.2. The molecule has 0 radical (unpaired) electrons. The van der Waals surface area contributed by atoms with Crippen LogP contribution in [-0.4, -0.2) is 18.1 Å². The molecule has 0 aliphatic carbocycles. The standard InChI is InChI=1S/C17H12N2O4S/c20-16(15-7-3-9-24-15)19-18-11-12-4-1-5-13(10-12)23-17(21)14-6-2-8-22-14/h1-11H,(H,19,20)/b18-11-. The molecule has 0 atom stereocenters. The van der Waals surface area contributed by atoms with Crippen molar-refractivity contribution in [3.8, 4) is 5.75 Å². The van der Waals surface area contributed by atoms with Crippen molar-refractivity contribution in [1.82, 2.24) is 5.43 Å². The van der Waals surface area contributed by atoms with E-state index in [1.165, 1.54) is 29.9 Å². The average molecular weight is 340 g/mol. The Morgan fingerprint density at radius 2 is 2.08 bits per heavy atom. The zero-order chi connectivity index (χ0) is 16.8. The van der Waals surface area contributed by atoms with Crippen molar-refractivity contribution in [2.75, 3.05) is 0 Å². The van der Waals surface area contributed by atoms with Crippen molar-refractivity contribution in [2.24, 2.45) is 5.10 Å². The molecule has 1 amide bonds. The first kappa shape index (κ1) is 15.7. The number of esters is 1. The lowest BCUT2D eigenvalue weighted by molar-refractivity contribution is 0.0701. The van der Waals surface area contributed by atoms with E-state index in [1.54, 1.807) is 42.5 Å². The van der Waals surface area contributed by atoms with Gasteiger partial charge in [0, 0.05) is 0 Å². The molecule has 0 unspecified atom stereocenters. The maximum atomic E-state index is 11.8. The topological polar surface area (TPSA) is 80.9 Å². The number of nitrogens with one attached hydrogen (secondary N) is 1. The number of rotatable bonds is 5. The number of nitrogens with zero attached hydrogens (tertiary/aromatic N) is 1. The molecule has 7 heteroatoms. The minimum atomic E-state index is -0.583. The third-order valence-electron chi connectivity index (χ3n) is 2.92. The highest BCUT2D eigenvalue weighted by Gasteiger charge is 2.11. The second kappa shape index (κ2) is 7.38. The van der Waals surface area contributed by atoms with Gasteiger partial charge in [0.25, 0.3) is 5.91 Å². The predicted octanol–water partition coefficient (Wildman–Crippen LogP) is 3.32. The Labute approximate surface area is 141 Å². The summed E-state index contributed by atoms with van der Waals surface area (Å²) in [4.78, 5) is 24.1. The molecule has 6 nitrogen and oxygen atoms in total. The molecule has 0 spiro atoms. The van der Waals surface area contributed by atoms with E-state index in [2.05, 4.69) is 10.5 Å². The normalized spacial score (nSPS) is 10.7. The summed E-state index contributed by atoms with van der Waals surface area (Å²) in [5.41, 5.74) is 3.11. The van der Waals surface area contributed by atoms with Crippen LogP contribution in [0.25, 0.3) is 0 Å². The van der Waals surface area contributed by atoms with Crippen molar-refractivity contribution >= 4 is 29.4 Å². The lowest BCUT2D eigenvalue weighted by Crippen LogP contribution is -2.16. The maximum Gasteiger partial charge on any atom is 0.379 e. The van der Waals surface area contributed by atoms with E-state index >= 15 is 0 Å². The zero-order valence-electron chi connectivity index (χ0n) is 12.3. The van der Waals surface area contributed by atoms with Crippen molar-refractivity contribution in [3.05, 3.63) is 76.4 Å². The number of hydrogen-bond acceptors (Lipinski definition) is 6. The fourth-order valence-electron chi connectivity index (χ4n) is 1.84. The largest absolute Gasteiger partial charge is 0.457 e. The molecule has 1 N–H and O–H groups in total. The summed E-state index contributed by atoms with van der Waals surface area (Å²) in [5, 5.41) is 5.71. The first-order valence-corrected chi connectivity index (χ1v) is 7.83. The molecule has 3 aromatic rings. The van der Waals surface area contributed by atoms with Crippen LogP contribution >= 0.6 is 11.3 Å². The predicted molar refractivity (Wildman–Crippen MR) is 89.5 cm³/mol. The molecule has 0 aliphatic rings. The highest BCUT2D eigenvalue weighted by atomic mass is 32.1. The van der Waals surface area contributed by atoms with Crippen LogP contribution in [0.15, 0.2) is 69.7 Å². The van der Waals surface area contributed by atoms with Crippen molar-refractivity contribution in [3.63, 3.8) is 0 Å². The molecule has 2 aromatic heterocycles. The van der Waals surface area contributed by atoms with E-state index in [0.29, 0.717) is 16.2 Å². The van der Waals surface area contributed by atoms with Gasteiger partial charge < -0.3 is 9.15 Å². The van der Waals surface area contributed by atoms with E-state index in [9.17, 15) is 9.59 Å². The monoisotopic (exact) mass is 340 g/mol. The van der Waals surface area contributed by atoms with Crippen molar-refractivity contribution in [2.45, 2.75) is 0 Å². The van der Waals surface area contributed by atoms with Crippen LogP contribution in [0, 0.1) is 0 Å². The minimum Gasteiger partial charge on any atom is -0.457 e. The number of thiophene rings is 1. The molecule has 120 valence electrons. The lowest BCUT2D eigenvalue weighted by atomic mass is 10.2. The molecule has 0 fully saturated rings. The van der Waals surface area contributed by atoms with Crippen LogP contribution in [0.3, 0.4) is 0 Å². The highest BCUT2D eigenvalue weighted by Crippen LogP contribution is 2.14.